The predicted octanol–water partition coefficient (Wildman–Crippen LogP) is 4.71. The Morgan fingerprint density at radius 1 is 1.43 bits per heavy atom. The first-order chi connectivity index (χ1) is 10.9. The lowest BCUT2D eigenvalue weighted by Crippen LogP contribution is -2.33. The van der Waals surface area contributed by atoms with Crippen molar-refractivity contribution in [3.05, 3.63) is 53.4 Å². The van der Waals surface area contributed by atoms with Crippen LogP contribution in [0.2, 0.25) is 0 Å². The molecular formula is C20H25NO2. The number of hydrogen-bond acceptors (Lipinski definition) is 3. The van der Waals surface area contributed by atoms with Crippen molar-refractivity contribution in [3.8, 4) is 0 Å². The van der Waals surface area contributed by atoms with Gasteiger partial charge in [0.1, 0.15) is 6.10 Å². The maximum Gasteiger partial charge on any atom is 0.340 e. The Morgan fingerprint density at radius 3 is 2.91 bits per heavy atom. The summed E-state index contributed by atoms with van der Waals surface area (Å²) in [6, 6.07) is 3.50. The Morgan fingerprint density at radius 2 is 2.22 bits per heavy atom. The normalized spacial score (nSPS) is 26.7. The number of pyridine rings is 1. The molecule has 0 bridgehead atoms. The van der Waals surface area contributed by atoms with E-state index in [9.17, 15) is 4.79 Å². The lowest BCUT2D eigenvalue weighted by molar-refractivity contribution is -0.00590. The number of esters is 1. The summed E-state index contributed by atoms with van der Waals surface area (Å²) in [7, 11) is 0. The van der Waals surface area contributed by atoms with Crippen molar-refractivity contribution in [1.29, 1.82) is 0 Å². The number of aromatic nitrogens is 1. The molecule has 0 spiro atoms. The quantitative estimate of drug-likeness (QED) is 0.586. The average molecular weight is 311 g/mol. The maximum absolute atomic E-state index is 12.4. The molecule has 122 valence electrons. The van der Waals surface area contributed by atoms with E-state index >= 15 is 0 Å². The third-order valence-corrected chi connectivity index (χ3v) is 5.38. The molecule has 0 unspecified atom stereocenters. The van der Waals surface area contributed by atoms with Gasteiger partial charge in [0.05, 0.1) is 5.56 Å². The van der Waals surface area contributed by atoms with E-state index in [1.54, 1.807) is 24.5 Å². The van der Waals surface area contributed by atoms with Gasteiger partial charge >= 0.3 is 5.97 Å². The molecule has 2 atom stereocenters. The zero-order valence-electron chi connectivity index (χ0n) is 14.3. The molecule has 2 aliphatic rings. The van der Waals surface area contributed by atoms with Crippen molar-refractivity contribution in [2.45, 2.75) is 52.6 Å². The SMILES string of the molecule is C=C1C[C@H](OC(=O)c2cccnc2)C(C)(C)CC2=C(C)CC[C@@H]12. The number of carbonyl (C=O) groups is 1. The van der Waals surface area contributed by atoms with E-state index in [2.05, 4.69) is 32.3 Å². The highest BCUT2D eigenvalue weighted by Crippen LogP contribution is 2.49. The fourth-order valence-electron chi connectivity index (χ4n) is 3.86. The number of ether oxygens (including phenoxy) is 1. The standard InChI is InChI=1S/C20H25NO2/c1-13-7-8-16-14(2)10-18(20(3,4)11-17(13)16)23-19(22)15-6-5-9-21-12-15/h5-6,9,12,16,18H,2,7-8,10-11H2,1,3-4H3/t16-,18-/m0/s1. The molecule has 0 saturated heterocycles. The highest BCUT2D eigenvalue weighted by Gasteiger charge is 2.41. The predicted molar refractivity (Wildman–Crippen MR) is 91.0 cm³/mol. The van der Waals surface area contributed by atoms with E-state index in [-0.39, 0.29) is 17.5 Å². The Hall–Kier alpha value is -1.90. The van der Waals surface area contributed by atoms with Gasteiger partial charge in [-0.3, -0.25) is 4.98 Å². The number of allylic oxidation sites excluding steroid dienone is 2. The molecule has 0 aliphatic heterocycles. The van der Waals surface area contributed by atoms with Crippen LogP contribution in [0.15, 0.2) is 47.8 Å². The molecule has 3 rings (SSSR count). The fourth-order valence-corrected chi connectivity index (χ4v) is 3.86. The smallest absolute Gasteiger partial charge is 0.340 e. The molecule has 1 heterocycles. The Kier molecular flexibility index (Phi) is 4.13. The van der Waals surface area contributed by atoms with Gasteiger partial charge < -0.3 is 4.74 Å². The van der Waals surface area contributed by atoms with E-state index in [1.165, 1.54) is 29.6 Å². The summed E-state index contributed by atoms with van der Waals surface area (Å²) in [5.41, 5.74) is 4.67. The number of fused-ring (bicyclic) bond motifs is 1. The second-order valence-corrected chi connectivity index (χ2v) is 7.56. The molecule has 1 saturated carbocycles. The Bertz CT molecular complexity index is 657. The molecule has 23 heavy (non-hydrogen) atoms. The largest absolute Gasteiger partial charge is 0.458 e. The van der Waals surface area contributed by atoms with Gasteiger partial charge in [0.2, 0.25) is 0 Å². The topological polar surface area (TPSA) is 39.2 Å². The molecule has 0 N–H and O–H groups in total. The zero-order valence-corrected chi connectivity index (χ0v) is 14.3. The number of nitrogens with zero attached hydrogens (tertiary/aromatic N) is 1. The zero-order chi connectivity index (χ0) is 16.6. The lowest BCUT2D eigenvalue weighted by Gasteiger charge is -2.32. The van der Waals surface area contributed by atoms with Gasteiger partial charge in [-0.2, -0.15) is 0 Å². The number of hydrogen-bond donors (Lipinski definition) is 0. The average Bonchev–Trinajstić information content (AvgIpc) is 2.83. The van der Waals surface area contributed by atoms with E-state index in [0.29, 0.717) is 11.5 Å². The summed E-state index contributed by atoms with van der Waals surface area (Å²) in [5.74, 6) is 0.193. The highest BCUT2D eigenvalue weighted by atomic mass is 16.5. The summed E-state index contributed by atoms with van der Waals surface area (Å²) in [5, 5.41) is 0. The fraction of sp³-hybridized carbons (Fsp3) is 0.500. The van der Waals surface area contributed by atoms with Crippen LogP contribution in [0.25, 0.3) is 0 Å². The van der Waals surface area contributed by atoms with Crippen LogP contribution in [-0.4, -0.2) is 17.1 Å². The molecule has 0 amide bonds. The minimum atomic E-state index is -0.290. The molecule has 0 radical (unpaired) electrons. The second kappa shape index (κ2) is 5.95. The van der Waals surface area contributed by atoms with Crippen molar-refractivity contribution in [3.63, 3.8) is 0 Å². The minimum absolute atomic E-state index is 0.0868. The first kappa shape index (κ1) is 16.0. The molecule has 1 aromatic rings. The van der Waals surface area contributed by atoms with E-state index < -0.39 is 0 Å². The maximum atomic E-state index is 12.4. The Balaban J connectivity index is 1.83. The van der Waals surface area contributed by atoms with Crippen molar-refractivity contribution in [2.24, 2.45) is 11.3 Å². The van der Waals surface area contributed by atoms with Gasteiger partial charge in [0.15, 0.2) is 0 Å². The van der Waals surface area contributed by atoms with Gasteiger partial charge in [0.25, 0.3) is 0 Å². The summed E-state index contributed by atoms with van der Waals surface area (Å²) in [6.45, 7) is 10.9. The minimum Gasteiger partial charge on any atom is -0.458 e. The van der Waals surface area contributed by atoms with Crippen molar-refractivity contribution in [1.82, 2.24) is 4.98 Å². The van der Waals surface area contributed by atoms with E-state index in [1.807, 2.05) is 0 Å². The molecule has 3 nitrogen and oxygen atoms in total. The molecule has 1 aromatic heterocycles. The van der Waals surface area contributed by atoms with Gasteiger partial charge in [-0.05, 0) is 38.3 Å². The van der Waals surface area contributed by atoms with Crippen molar-refractivity contribution >= 4 is 5.97 Å². The third kappa shape index (κ3) is 3.10. The Labute approximate surface area is 138 Å². The van der Waals surface area contributed by atoms with Crippen LogP contribution in [0.5, 0.6) is 0 Å². The molecule has 3 heteroatoms. The van der Waals surface area contributed by atoms with Gasteiger partial charge in [-0.1, -0.05) is 37.1 Å². The van der Waals surface area contributed by atoms with E-state index in [0.717, 1.165) is 12.8 Å². The lowest BCUT2D eigenvalue weighted by atomic mass is 9.80. The molecule has 2 aliphatic carbocycles. The van der Waals surface area contributed by atoms with Crippen LogP contribution in [0.4, 0.5) is 0 Å². The summed E-state index contributed by atoms with van der Waals surface area (Å²) < 4.78 is 5.88. The van der Waals surface area contributed by atoms with Gasteiger partial charge in [0, 0.05) is 30.1 Å². The van der Waals surface area contributed by atoms with Crippen LogP contribution in [0.3, 0.4) is 0 Å². The van der Waals surface area contributed by atoms with Gasteiger partial charge in [-0.25, -0.2) is 4.79 Å². The molecule has 0 aromatic carbocycles. The van der Waals surface area contributed by atoms with E-state index in [4.69, 9.17) is 4.74 Å². The van der Waals surface area contributed by atoms with Crippen molar-refractivity contribution in [2.75, 3.05) is 0 Å². The number of carbonyl (C=O) groups excluding carboxylic acids is 1. The summed E-state index contributed by atoms with van der Waals surface area (Å²) >= 11 is 0. The van der Waals surface area contributed by atoms with Crippen LogP contribution in [0, 0.1) is 11.3 Å². The van der Waals surface area contributed by atoms with Crippen LogP contribution < -0.4 is 0 Å². The highest BCUT2D eigenvalue weighted by molar-refractivity contribution is 5.89. The van der Waals surface area contributed by atoms with Gasteiger partial charge in [-0.15, -0.1) is 0 Å². The van der Waals surface area contributed by atoms with Crippen LogP contribution in [-0.2, 0) is 4.74 Å². The van der Waals surface area contributed by atoms with Crippen LogP contribution >= 0.6 is 0 Å². The summed E-state index contributed by atoms with van der Waals surface area (Å²) in [4.78, 5) is 16.4. The van der Waals surface area contributed by atoms with Crippen molar-refractivity contribution < 1.29 is 9.53 Å². The first-order valence-electron chi connectivity index (χ1n) is 8.35. The van der Waals surface area contributed by atoms with Crippen LogP contribution in [0.1, 0.15) is 56.8 Å². The second-order valence-electron chi connectivity index (χ2n) is 7.56. The molecule has 1 fully saturated rings. The number of rotatable bonds is 2. The first-order valence-corrected chi connectivity index (χ1v) is 8.35. The summed E-state index contributed by atoms with van der Waals surface area (Å²) in [6.07, 6.45) is 7.14. The monoisotopic (exact) mass is 311 g/mol. The third-order valence-electron chi connectivity index (χ3n) is 5.38. The molecular weight excluding hydrogens is 286 g/mol.